The molecule has 0 heterocycles. The fourth-order valence-electron chi connectivity index (χ4n) is 1.35. The summed E-state index contributed by atoms with van der Waals surface area (Å²) >= 11 is 0. The van der Waals surface area contributed by atoms with Gasteiger partial charge in [0, 0.05) is 17.2 Å². The molecule has 0 aromatic heterocycles. The number of halogens is 3. The van der Waals surface area contributed by atoms with E-state index < -0.39 is 31.3 Å². The molecule has 0 fully saturated rings. The lowest BCUT2D eigenvalue weighted by Gasteiger charge is -2.09. The number of carbonyl (C=O) groups excluding carboxylic acids is 1. The van der Waals surface area contributed by atoms with Gasteiger partial charge in [-0.1, -0.05) is 0 Å². The topological polar surface area (TPSA) is 72.5 Å². The molecule has 112 valence electrons. The first-order valence-corrected chi connectivity index (χ1v) is 7.89. The van der Waals surface area contributed by atoms with Crippen molar-refractivity contribution in [2.45, 2.75) is 18.2 Å². The zero-order valence-electron chi connectivity index (χ0n) is 10.5. The second-order valence-corrected chi connectivity index (χ2v) is 6.27. The minimum Gasteiger partial charge on any atom is -0.487 e. The van der Waals surface area contributed by atoms with Gasteiger partial charge in [-0.25, -0.2) is 17.2 Å². The van der Waals surface area contributed by atoms with Crippen molar-refractivity contribution in [3.8, 4) is 5.75 Å². The Morgan fingerprint density at radius 2 is 1.90 bits per heavy atom. The maximum atomic E-state index is 13.5. The molecule has 0 atom stereocenters. The van der Waals surface area contributed by atoms with Crippen molar-refractivity contribution in [1.29, 1.82) is 0 Å². The van der Waals surface area contributed by atoms with Gasteiger partial charge in [-0.2, -0.15) is 0 Å². The monoisotopic (exact) mass is 327 g/mol. The van der Waals surface area contributed by atoms with Crippen molar-refractivity contribution in [2.24, 2.45) is 0 Å². The molecule has 0 saturated carbocycles. The lowest BCUT2D eigenvalue weighted by atomic mass is 10.3. The summed E-state index contributed by atoms with van der Waals surface area (Å²) in [7, 11) is 0.747. The summed E-state index contributed by atoms with van der Waals surface area (Å²) in [5.41, 5.74) is 0. The number of hydrogen-bond acceptors (Lipinski definition) is 4. The van der Waals surface area contributed by atoms with E-state index in [2.05, 4.69) is 5.32 Å². The number of benzene rings is 1. The molecule has 0 saturated heterocycles. The third-order valence-electron chi connectivity index (χ3n) is 2.20. The molecule has 1 aromatic rings. The van der Waals surface area contributed by atoms with Crippen LogP contribution in [0.5, 0.6) is 5.75 Å². The van der Waals surface area contributed by atoms with Gasteiger partial charge in [0.2, 0.25) is 5.91 Å². The molecule has 0 aliphatic rings. The highest BCUT2D eigenvalue weighted by molar-refractivity contribution is 8.13. The first-order valence-electron chi connectivity index (χ1n) is 5.59. The van der Waals surface area contributed by atoms with Gasteiger partial charge >= 0.3 is 0 Å². The molecule has 1 N–H and O–H groups in total. The molecule has 0 aliphatic carbocycles. The predicted octanol–water partition coefficient (Wildman–Crippen LogP) is 1.80. The molecular weight excluding hydrogens is 316 g/mol. The van der Waals surface area contributed by atoms with Crippen molar-refractivity contribution < 1.29 is 26.7 Å². The highest BCUT2D eigenvalue weighted by atomic mass is 35.7. The number of ether oxygens (including phenoxy) is 1. The lowest BCUT2D eigenvalue weighted by molar-refractivity contribution is -0.121. The van der Waals surface area contributed by atoms with Crippen LogP contribution in [0.25, 0.3) is 0 Å². The van der Waals surface area contributed by atoms with Gasteiger partial charge in [0.1, 0.15) is 0 Å². The summed E-state index contributed by atoms with van der Waals surface area (Å²) in [6.07, 6.45) is -0.0811. The largest absolute Gasteiger partial charge is 0.487 e. The van der Waals surface area contributed by atoms with E-state index in [0.717, 1.165) is 0 Å². The highest BCUT2D eigenvalue weighted by Crippen LogP contribution is 2.27. The van der Waals surface area contributed by atoms with Gasteiger partial charge in [0.25, 0.3) is 9.05 Å². The average Bonchev–Trinajstić information content (AvgIpc) is 2.31. The van der Waals surface area contributed by atoms with Gasteiger partial charge in [-0.3, -0.25) is 4.79 Å². The smallest absolute Gasteiger partial charge is 0.261 e. The molecule has 0 unspecified atom stereocenters. The average molecular weight is 328 g/mol. The first kappa shape index (κ1) is 16.6. The number of carbonyl (C=O) groups is 1. The van der Waals surface area contributed by atoms with E-state index in [1.807, 2.05) is 0 Å². The number of hydrogen-bond donors (Lipinski definition) is 1. The van der Waals surface area contributed by atoms with E-state index in [1.54, 1.807) is 6.92 Å². The fraction of sp³-hybridized carbons (Fsp3) is 0.364. The van der Waals surface area contributed by atoms with Gasteiger partial charge in [0.15, 0.2) is 17.4 Å². The van der Waals surface area contributed by atoms with E-state index in [4.69, 9.17) is 15.4 Å². The summed E-state index contributed by atoms with van der Waals surface area (Å²) in [5.74, 6) is -3.49. The standard InChI is InChI=1S/C11H12ClF2NO4S/c1-2-15-10(16)3-4-19-11-8(13)5-7(6-9(11)14)20(12,17)18/h5-6H,2-4H2,1H3,(H,15,16). The Balaban J connectivity index is 2.80. The molecule has 1 aromatic carbocycles. The van der Waals surface area contributed by atoms with Crippen LogP contribution >= 0.6 is 10.7 Å². The Morgan fingerprint density at radius 3 is 2.35 bits per heavy atom. The van der Waals surface area contributed by atoms with Crippen molar-refractivity contribution in [3.63, 3.8) is 0 Å². The van der Waals surface area contributed by atoms with Crippen LogP contribution in [-0.2, 0) is 13.8 Å². The van der Waals surface area contributed by atoms with Gasteiger partial charge in [0.05, 0.1) is 17.9 Å². The number of rotatable bonds is 6. The maximum Gasteiger partial charge on any atom is 0.261 e. The molecule has 0 aliphatic heterocycles. The third-order valence-corrected chi connectivity index (χ3v) is 3.54. The van der Waals surface area contributed by atoms with Crippen LogP contribution in [0.1, 0.15) is 13.3 Å². The Morgan fingerprint density at radius 1 is 1.35 bits per heavy atom. The van der Waals surface area contributed by atoms with Gasteiger partial charge < -0.3 is 10.1 Å². The normalized spacial score (nSPS) is 11.2. The summed E-state index contributed by atoms with van der Waals surface area (Å²) in [4.78, 5) is 10.4. The summed E-state index contributed by atoms with van der Waals surface area (Å²) in [6, 6.07) is 1.10. The molecule has 9 heteroatoms. The minimum atomic E-state index is -4.23. The third kappa shape index (κ3) is 4.61. The van der Waals surface area contributed by atoms with E-state index in [1.165, 1.54) is 0 Å². The van der Waals surface area contributed by atoms with Crippen molar-refractivity contribution in [3.05, 3.63) is 23.8 Å². The van der Waals surface area contributed by atoms with Gasteiger partial charge in [-0.05, 0) is 19.1 Å². The van der Waals surface area contributed by atoms with E-state index in [0.29, 0.717) is 18.7 Å². The molecule has 1 rings (SSSR count). The highest BCUT2D eigenvalue weighted by Gasteiger charge is 2.19. The summed E-state index contributed by atoms with van der Waals surface area (Å²) < 4.78 is 53.8. The minimum absolute atomic E-state index is 0.0811. The molecular formula is C11H12ClF2NO4S. The zero-order chi connectivity index (χ0) is 15.3. The first-order chi connectivity index (χ1) is 9.25. The van der Waals surface area contributed by atoms with E-state index >= 15 is 0 Å². The van der Waals surface area contributed by atoms with Gasteiger partial charge in [-0.15, -0.1) is 0 Å². The Bertz CT molecular complexity index is 583. The fourth-order valence-corrected chi connectivity index (χ4v) is 2.10. The molecule has 0 radical (unpaired) electrons. The summed E-state index contributed by atoms with van der Waals surface area (Å²) in [6.45, 7) is 1.92. The second-order valence-electron chi connectivity index (χ2n) is 3.71. The van der Waals surface area contributed by atoms with Crippen LogP contribution in [-0.4, -0.2) is 27.5 Å². The maximum absolute atomic E-state index is 13.5. The quantitative estimate of drug-likeness (QED) is 0.809. The Labute approximate surface area is 119 Å². The van der Waals surface area contributed by atoms with Crippen LogP contribution < -0.4 is 10.1 Å². The summed E-state index contributed by atoms with van der Waals surface area (Å²) in [5, 5.41) is 2.49. The van der Waals surface area contributed by atoms with Crippen LogP contribution in [0.15, 0.2) is 17.0 Å². The van der Waals surface area contributed by atoms with E-state index in [9.17, 15) is 22.0 Å². The molecule has 0 spiro atoms. The predicted molar refractivity (Wildman–Crippen MR) is 68.2 cm³/mol. The number of nitrogens with one attached hydrogen (secondary N) is 1. The van der Waals surface area contributed by atoms with E-state index in [-0.39, 0.29) is 18.9 Å². The van der Waals surface area contributed by atoms with Crippen LogP contribution in [0, 0.1) is 11.6 Å². The van der Waals surface area contributed by atoms with Crippen molar-refractivity contribution >= 4 is 25.6 Å². The van der Waals surface area contributed by atoms with Crippen molar-refractivity contribution in [1.82, 2.24) is 5.32 Å². The Hall–Kier alpha value is -1.41. The SMILES string of the molecule is CCNC(=O)CCOc1c(F)cc(S(=O)(=O)Cl)cc1F. The molecule has 5 nitrogen and oxygen atoms in total. The number of amides is 1. The van der Waals surface area contributed by atoms with Crippen LogP contribution in [0.2, 0.25) is 0 Å². The lowest BCUT2D eigenvalue weighted by Crippen LogP contribution is -2.24. The molecule has 0 bridgehead atoms. The van der Waals surface area contributed by atoms with Crippen molar-refractivity contribution in [2.75, 3.05) is 13.2 Å². The second kappa shape index (κ2) is 6.85. The van der Waals surface area contributed by atoms with Crippen LogP contribution in [0.4, 0.5) is 8.78 Å². The van der Waals surface area contributed by atoms with Crippen LogP contribution in [0.3, 0.4) is 0 Å². The molecule has 1 amide bonds. The zero-order valence-corrected chi connectivity index (χ0v) is 12.0. The molecule has 20 heavy (non-hydrogen) atoms. The Kier molecular flexibility index (Phi) is 5.70.